The van der Waals surface area contributed by atoms with Crippen LogP contribution in [0.1, 0.15) is 15.9 Å². The van der Waals surface area contributed by atoms with Gasteiger partial charge in [-0.2, -0.15) is 0 Å². The lowest BCUT2D eigenvalue weighted by Gasteiger charge is -2.13. The van der Waals surface area contributed by atoms with Crippen LogP contribution in [0.15, 0.2) is 36.4 Å². The standard InChI is InChI=1S/C17H14N2O5/c1-23-16(21)18-13-7-11-9-5-3-4-6-10(9)15(20)12(11)8-14(13)19-17(22)24-2/h3-8H,1-2H3,(H,18,21)(H,19,22). The molecule has 0 heterocycles. The molecule has 7 nitrogen and oxygen atoms in total. The first kappa shape index (κ1) is 15.5. The fourth-order valence-corrected chi connectivity index (χ4v) is 2.60. The fraction of sp³-hybridized carbons (Fsp3) is 0.118. The number of anilines is 2. The van der Waals surface area contributed by atoms with Gasteiger partial charge >= 0.3 is 12.2 Å². The van der Waals surface area contributed by atoms with Gasteiger partial charge in [-0.05, 0) is 23.3 Å². The number of nitrogens with one attached hydrogen (secondary N) is 2. The molecule has 0 saturated carbocycles. The van der Waals surface area contributed by atoms with Crippen LogP contribution in [-0.4, -0.2) is 32.2 Å². The molecule has 122 valence electrons. The van der Waals surface area contributed by atoms with E-state index < -0.39 is 12.2 Å². The number of rotatable bonds is 2. The molecular formula is C17H14N2O5. The van der Waals surface area contributed by atoms with E-state index in [2.05, 4.69) is 20.1 Å². The van der Waals surface area contributed by atoms with Gasteiger partial charge in [0.25, 0.3) is 0 Å². The van der Waals surface area contributed by atoms with E-state index in [9.17, 15) is 14.4 Å². The van der Waals surface area contributed by atoms with Crippen molar-refractivity contribution in [2.24, 2.45) is 0 Å². The van der Waals surface area contributed by atoms with Crippen LogP contribution in [0.25, 0.3) is 11.1 Å². The zero-order valence-electron chi connectivity index (χ0n) is 13.0. The highest BCUT2D eigenvalue weighted by atomic mass is 16.5. The number of hydrogen-bond donors (Lipinski definition) is 2. The summed E-state index contributed by atoms with van der Waals surface area (Å²) in [5.74, 6) is -0.141. The van der Waals surface area contributed by atoms with Gasteiger partial charge < -0.3 is 9.47 Å². The van der Waals surface area contributed by atoms with Crippen LogP contribution >= 0.6 is 0 Å². The van der Waals surface area contributed by atoms with E-state index in [0.29, 0.717) is 22.4 Å². The summed E-state index contributed by atoms with van der Waals surface area (Å²) in [5.41, 5.74) is 3.01. The van der Waals surface area contributed by atoms with Crippen LogP contribution in [0.3, 0.4) is 0 Å². The number of carbonyl (C=O) groups excluding carboxylic acids is 3. The predicted octanol–water partition coefficient (Wildman–Crippen LogP) is 3.25. The molecule has 0 spiro atoms. The predicted molar refractivity (Wildman–Crippen MR) is 87.4 cm³/mol. The normalized spacial score (nSPS) is 11.3. The van der Waals surface area contributed by atoms with Gasteiger partial charge in [-0.25, -0.2) is 9.59 Å². The number of methoxy groups -OCH3 is 2. The minimum Gasteiger partial charge on any atom is -0.453 e. The summed E-state index contributed by atoms with van der Waals surface area (Å²) in [7, 11) is 2.45. The molecule has 0 atom stereocenters. The average molecular weight is 326 g/mol. The van der Waals surface area contributed by atoms with Crippen molar-refractivity contribution in [2.75, 3.05) is 24.9 Å². The first-order chi connectivity index (χ1) is 11.5. The summed E-state index contributed by atoms with van der Waals surface area (Å²) >= 11 is 0. The quantitative estimate of drug-likeness (QED) is 0.754. The molecule has 0 bridgehead atoms. The number of amides is 2. The van der Waals surface area contributed by atoms with Gasteiger partial charge in [0.05, 0.1) is 25.6 Å². The lowest BCUT2D eigenvalue weighted by atomic mass is 10.0. The van der Waals surface area contributed by atoms with E-state index >= 15 is 0 Å². The van der Waals surface area contributed by atoms with E-state index in [4.69, 9.17) is 0 Å². The molecule has 0 unspecified atom stereocenters. The maximum absolute atomic E-state index is 12.5. The Morgan fingerprint density at radius 3 is 1.83 bits per heavy atom. The Bertz CT molecular complexity index is 860. The van der Waals surface area contributed by atoms with E-state index in [0.717, 1.165) is 5.56 Å². The van der Waals surface area contributed by atoms with Crippen LogP contribution in [0, 0.1) is 0 Å². The Hall–Kier alpha value is -3.35. The van der Waals surface area contributed by atoms with Crippen molar-refractivity contribution in [1.29, 1.82) is 0 Å². The summed E-state index contributed by atoms with van der Waals surface area (Å²) in [5, 5.41) is 5.01. The van der Waals surface area contributed by atoms with E-state index in [1.54, 1.807) is 18.2 Å². The Morgan fingerprint density at radius 1 is 0.792 bits per heavy atom. The minimum absolute atomic E-state index is 0.141. The smallest absolute Gasteiger partial charge is 0.411 e. The zero-order chi connectivity index (χ0) is 17.3. The molecule has 2 aromatic carbocycles. The Morgan fingerprint density at radius 2 is 1.29 bits per heavy atom. The largest absolute Gasteiger partial charge is 0.453 e. The van der Waals surface area contributed by atoms with Gasteiger partial charge in [0.2, 0.25) is 0 Å². The van der Waals surface area contributed by atoms with Crippen LogP contribution in [0.5, 0.6) is 0 Å². The van der Waals surface area contributed by atoms with E-state index in [1.807, 2.05) is 12.1 Å². The maximum atomic E-state index is 12.5. The van der Waals surface area contributed by atoms with Gasteiger partial charge in [0.15, 0.2) is 5.78 Å². The van der Waals surface area contributed by atoms with Crippen molar-refractivity contribution < 1.29 is 23.9 Å². The number of hydrogen-bond acceptors (Lipinski definition) is 5. The van der Waals surface area contributed by atoms with Crippen LogP contribution in [0.4, 0.5) is 21.0 Å². The monoisotopic (exact) mass is 326 g/mol. The number of benzene rings is 2. The lowest BCUT2D eigenvalue weighted by molar-refractivity contribution is 0.104. The van der Waals surface area contributed by atoms with Crippen LogP contribution in [0.2, 0.25) is 0 Å². The fourth-order valence-electron chi connectivity index (χ4n) is 2.60. The first-order valence-electron chi connectivity index (χ1n) is 7.07. The highest BCUT2D eigenvalue weighted by Gasteiger charge is 2.28. The number of carbonyl (C=O) groups is 3. The Kier molecular flexibility index (Phi) is 3.91. The van der Waals surface area contributed by atoms with E-state index in [1.165, 1.54) is 20.3 Å². The summed E-state index contributed by atoms with van der Waals surface area (Å²) in [4.78, 5) is 35.6. The van der Waals surface area contributed by atoms with Crippen molar-refractivity contribution in [3.63, 3.8) is 0 Å². The molecule has 0 aliphatic heterocycles. The highest BCUT2D eigenvalue weighted by Crippen LogP contribution is 2.41. The molecule has 2 aromatic rings. The topological polar surface area (TPSA) is 93.7 Å². The third-order valence-electron chi connectivity index (χ3n) is 3.71. The average Bonchev–Trinajstić information content (AvgIpc) is 2.87. The maximum Gasteiger partial charge on any atom is 0.411 e. The van der Waals surface area contributed by atoms with Gasteiger partial charge in [-0.15, -0.1) is 0 Å². The Labute approximate surface area is 137 Å². The summed E-state index contributed by atoms with van der Waals surface area (Å²) in [6.45, 7) is 0. The van der Waals surface area contributed by atoms with Crippen molar-refractivity contribution in [3.05, 3.63) is 47.5 Å². The molecule has 0 saturated heterocycles. The molecule has 1 aliphatic rings. The molecule has 0 radical (unpaired) electrons. The van der Waals surface area contributed by atoms with Crippen molar-refractivity contribution >= 4 is 29.3 Å². The minimum atomic E-state index is -0.717. The Balaban J connectivity index is 2.13. The molecular weight excluding hydrogens is 312 g/mol. The zero-order valence-corrected chi connectivity index (χ0v) is 13.0. The molecule has 7 heteroatoms. The van der Waals surface area contributed by atoms with Gasteiger partial charge in [-0.3, -0.25) is 15.4 Å². The van der Waals surface area contributed by atoms with Crippen molar-refractivity contribution in [2.45, 2.75) is 0 Å². The molecule has 2 N–H and O–H groups in total. The number of ketones is 1. The molecule has 2 amide bonds. The van der Waals surface area contributed by atoms with E-state index in [-0.39, 0.29) is 11.5 Å². The summed E-state index contributed by atoms with van der Waals surface area (Å²) in [6, 6.07) is 10.3. The van der Waals surface area contributed by atoms with Crippen LogP contribution < -0.4 is 10.6 Å². The second-order valence-electron chi connectivity index (χ2n) is 5.05. The lowest BCUT2D eigenvalue weighted by Crippen LogP contribution is -2.17. The SMILES string of the molecule is COC(=O)Nc1cc2c(cc1NC(=O)OC)-c1ccccc1C2=O. The molecule has 24 heavy (non-hydrogen) atoms. The molecule has 3 rings (SSSR count). The second kappa shape index (κ2) is 6.04. The number of fused-ring (bicyclic) bond motifs is 3. The van der Waals surface area contributed by atoms with Gasteiger partial charge in [0.1, 0.15) is 0 Å². The highest BCUT2D eigenvalue weighted by molar-refractivity contribution is 6.23. The van der Waals surface area contributed by atoms with Crippen LogP contribution in [-0.2, 0) is 9.47 Å². The second-order valence-corrected chi connectivity index (χ2v) is 5.05. The molecule has 0 fully saturated rings. The third-order valence-corrected chi connectivity index (χ3v) is 3.71. The molecule has 0 aromatic heterocycles. The number of ether oxygens (including phenoxy) is 2. The molecule has 1 aliphatic carbocycles. The summed E-state index contributed by atoms with van der Waals surface area (Å²) in [6.07, 6.45) is -1.41. The van der Waals surface area contributed by atoms with Crippen molar-refractivity contribution in [3.8, 4) is 11.1 Å². The van der Waals surface area contributed by atoms with Gasteiger partial charge in [0, 0.05) is 11.1 Å². The van der Waals surface area contributed by atoms with Gasteiger partial charge in [-0.1, -0.05) is 24.3 Å². The summed E-state index contributed by atoms with van der Waals surface area (Å²) < 4.78 is 9.16. The third kappa shape index (κ3) is 2.56. The first-order valence-corrected chi connectivity index (χ1v) is 7.07. The van der Waals surface area contributed by atoms with Crippen molar-refractivity contribution in [1.82, 2.24) is 0 Å².